The number of hydrogen-bond donors (Lipinski definition) is 2. The Bertz CT molecular complexity index is 1120. The zero-order valence-electron chi connectivity index (χ0n) is 26.0. The molecule has 0 amide bonds. The Morgan fingerprint density at radius 2 is 1.72 bits per heavy atom. The van der Waals surface area contributed by atoms with Crippen molar-refractivity contribution in [1.29, 1.82) is 0 Å². The zero-order valence-corrected chi connectivity index (χ0v) is 27.6. The van der Waals surface area contributed by atoms with Crippen molar-refractivity contribution in [2.45, 2.75) is 125 Å². The summed E-state index contributed by atoms with van der Waals surface area (Å²) in [6, 6.07) is 8.06. The van der Waals surface area contributed by atoms with Gasteiger partial charge in [0.15, 0.2) is 0 Å². The van der Waals surface area contributed by atoms with Gasteiger partial charge in [-0.1, -0.05) is 92.5 Å². The van der Waals surface area contributed by atoms with E-state index in [2.05, 4.69) is 87.1 Å². The number of aromatic nitrogens is 1. The van der Waals surface area contributed by atoms with Crippen molar-refractivity contribution < 1.29 is 9.84 Å². The van der Waals surface area contributed by atoms with Crippen LogP contribution in [-0.2, 0) is 16.8 Å². The molecule has 4 atom stereocenters. The molecule has 3 aliphatic rings. The number of aliphatic hydroxyl groups excluding tert-OH is 1. The first-order chi connectivity index (χ1) is 18.2. The lowest BCUT2D eigenvalue weighted by atomic mass is 9.69. The molecular formula is C34H52ClNO2S. The minimum absolute atomic E-state index is 0.0470. The number of halogens is 1. The van der Waals surface area contributed by atoms with Gasteiger partial charge in [0, 0.05) is 27.5 Å². The molecule has 0 bridgehead atoms. The van der Waals surface area contributed by atoms with E-state index in [9.17, 15) is 5.11 Å². The Morgan fingerprint density at radius 3 is 2.21 bits per heavy atom. The SMILES string of the molecule is CC(C)c1nc2c(c3c1C(c1ccc(Cl)cc1)OC31CCCC1C)C(O)CC(C)(C)C2.CCC(C)(C)C.CS. The Hall–Kier alpha value is -1.07. The molecule has 5 heteroatoms. The molecule has 1 aromatic carbocycles. The molecule has 1 fully saturated rings. The number of benzene rings is 1. The van der Waals surface area contributed by atoms with E-state index in [1.807, 2.05) is 12.1 Å². The van der Waals surface area contributed by atoms with Crippen LogP contribution < -0.4 is 0 Å². The minimum atomic E-state index is -0.488. The number of nitrogens with zero attached hydrogens (tertiary/aromatic N) is 1. The molecule has 5 rings (SSSR count). The molecule has 1 aromatic heterocycles. The Kier molecular flexibility index (Phi) is 10.3. The van der Waals surface area contributed by atoms with Crippen LogP contribution in [0, 0.1) is 16.7 Å². The molecular weight excluding hydrogens is 522 g/mol. The van der Waals surface area contributed by atoms with Crippen LogP contribution >= 0.6 is 24.2 Å². The second-order valence-electron chi connectivity index (χ2n) is 14.0. The fraction of sp³-hybridized carbons (Fsp3) is 0.676. The van der Waals surface area contributed by atoms with Crippen LogP contribution in [0.5, 0.6) is 0 Å². The van der Waals surface area contributed by atoms with Gasteiger partial charge in [0.2, 0.25) is 0 Å². The van der Waals surface area contributed by atoms with Crippen molar-refractivity contribution in [3.63, 3.8) is 0 Å². The monoisotopic (exact) mass is 573 g/mol. The Morgan fingerprint density at radius 1 is 1.13 bits per heavy atom. The van der Waals surface area contributed by atoms with Gasteiger partial charge in [-0.2, -0.15) is 12.6 Å². The molecule has 4 unspecified atom stereocenters. The smallest absolute Gasteiger partial charge is 0.111 e. The number of rotatable bonds is 2. The highest BCUT2D eigenvalue weighted by atomic mass is 35.5. The van der Waals surface area contributed by atoms with Crippen LogP contribution in [0.15, 0.2) is 24.3 Å². The van der Waals surface area contributed by atoms with Crippen molar-refractivity contribution in [3.05, 3.63) is 62.9 Å². The van der Waals surface area contributed by atoms with E-state index in [1.54, 1.807) is 6.26 Å². The summed E-state index contributed by atoms with van der Waals surface area (Å²) in [7, 11) is 0. The van der Waals surface area contributed by atoms with Crippen LogP contribution in [-0.4, -0.2) is 16.3 Å². The molecule has 3 nitrogen and oxygen atoms in total. The molecule has 2 heterocycles. The second kappa shape index (κ2) is 12.4. The van der Waals surface area contributed by atoms with Crippen LogP contribution in [0.25, 0.3) is 0 Å². The summed E-state index contributed by atoms with van der Waals surface area (Å²) in [5.41, 5.74) is 7.15. The first-order valence-corrected chi connectivity index (χ1v) is 16.1. The summed E-state index contributed by atoms with van der Waals surface area (Å²) in [6.45, 7) is 20.2. The average molecular weight is 574 g/mol. The Balaban J connectivity index is 0.000000467. The molecule has 39 heavy (non-hydrogen) atoms. The van der Waals surface area contributed by atoms with Gasteiger partial charge in [-0.15, -0.1) is 0 Å². The van der Waals surface area contributed by atoms with Gasteiger partial charge in [-0.25, -0.2) is 0 Å². The summed E-state index contributed by atoms with van der Waals surface area (Å²) >= 11 is 9.73. The fourth-order valence-electron chi connectivity index (χ4n) is 6.39. The van der Waals surface area contributed by atoms with Gasteiger partial charge in [-0.05, 0) is 84.3 Å². The maximum absolute atomic E-state index is 11.4. The predicted molar refractivity (Wildman–Crippen MR) is 169 cm³/mol. The van der Waals surface area contributed by atoms with E-state index in [-0.39, 0.29) is 23.0 Å². The summed E-state index contributed by atoms with van der Waals surface area (Å²) in [4.78, 5) is 5.24. The largest absolute Gasteiger partial charge is 0.388 e. The lowest BCUT2D eigenvalue weighted by Gasteiger charge is -2.39. The molecule has 1 spiro atoms. The fourth-order valence-corrected chi connectivity index (χ4v) is 6.51. The summed E-state index contributed by atoms with van der Waals surface area (Å²) in [5.74, 6) is 0.698. The number of aliphatic hydroxyl groups is 1. The lowest BCUT2D eigenvalue weighted by Crippen LogP contribution is -2.34. The molecule has 218 valence electrons. The quantitative estimate of drug-likeness (QED) is 0.351. The third-order valence-electron chi connectivity index (χ3n) is 8.88. The van der Waals surface area contributed by atoms with Crippen molar-refractivity contribution in [1.82, 2.24) is 4.98 Å². The van der Waals surface area contributed by atoms with E-state index in [4.69, 9.17) is 21.3 Å². The summed E-state index contributed by atoms with van der Waals surface area (Å²) < 4.78 is 7.08. The maximum Gasteiger partial charge on any atom is 0.111 e. The highest BCUT2D eigenvalue weighted by Gasteiger charge is 2.55. The third-order valence-corrected chi connectivity index (χ3v) is 9.13. The zero-order chi connectivity index (χ0) is 29.3. The minimum Gasteiger partial charge on any atom is -0.388 e. The van der Waals surface area contributed by atoms with Crippen molar-refractivity contribution in [2.24, 2.45) is 16.7 Å². The van der Waals surface area contributed by atoms with Gasteiger partial charge >= 0.3 is 0 Å². The molecule has 1 saturated carbocycles. The number of pyridine rings is 1. The topological polar surface area (TPSA) is 42.4 Å². The number of ether oxygens (including phenoxy) is 1. The maximum atomic E-state index is 11.4. The van der Waals surface area contributed by atoms with Crippen LogP contribution in [0.3, 0.4) is 0 Å². The van der Waals surface area contributed by atoms with Crippen molar-refractivity contribution in [3.8, 4) is 0 Å². The number of fused-ring (bicyclic) bond motifs is 4. The molecule has 1 aliphatic heterocycles. The highest BCUT2D eigenvalue weighted by Crippen LogP contribution is 2.61. The van der Waals surface area contributed by atoms with Gasteiger partial charge in [0.25, 0.3) is 0 Å². The predicted octanol–water partition coefficient (Wildman–Crippen LogP) is 9.99. The van der Waals surface area contributed by atoms with Crippen LogP contribution in [0.4, 0.5) is 0 Å². The van der Waals surface area contributed by atoms with E-state index in [1.165, 1.54) is 17.5 Å². The molecule has 2 aliphatic carbocycles. The normalized spacial score (nSPS) is 26.9. The standard InChI is InChI=1S/C27H34ClNO2.C6H14.CH4S/c1-15(2)24-22-23(21-19(29-24)13-26(4,5)14-20(21)30)27(12-6-7-16(27)3)31-25(22)17-8-10-18(28)11-9-17;1-5-6(2,3)4;1-2/h8-11,15-16,20,25,30H,6-7,12-14H2,1-5H3;5H2,1-4H3;2H,1H3. The molecule has 0 radical (unpaired) electrons. The van der Waals surface area contributed by atoms with E-state index < -0.39 is 6.10 Å². The lowest BCUT2D eigenvalue weighted by molar-refractivity contribution is -0.0842. The molecule has 0 saturated heterocycles. The first-order valence-electron chi connectivity index (χ1n) is 14.8. The first kappa shape index (κ1) is 32.4. The Labute approximate surface area is 248 Å². The van der Waals surface area contributed by atoms with E-state index in [0.717, 1.165) is 59.6 Å². The summed E-state index contributed by atoms with van der Waals surface area (Å²) in [6.07, 6.45) is 7.31. The molecule has 1 N–H and O–H groups in total. The second-order valence-corrected chi connectivity index (χ2v) is 14.4. The van der Waals surface area contributed by atoms with Crippen molar-refractivity contribution in [2.75, 3.05) is 6.26 Å². The van der Waals surface area contributed by atoms with Gasteiger partial charge in [0.1, 0.15) is 6.10 Å². The molecule has 2 aromatic rings. The highest BCUT2D eigenvalue weighted by molar-refractivity contribution is 7.79. The van der Waals surface area contributed by atoms with E-state index in [0.29, 0.717) is 11.3 Å². The van der Waals surface area contributed by atoms with E-state index >= 15 is 0 Å². The van der Waals surface area contributed by atoms with Crippen molar-refractivity contribution >= 4 is 24.2 Å². The van der Waals surface area contributed by atoms with Crippen LogP contribution in [0.2, 0.25) is 5.02 Å². The number of hydrogen-bond acceptors (Lipinski definition) is 4. The van der Waals surface area contributed by atoms with Gasteiger partial charge in [0.05, 0.1) is 11.7 Å². The number of thiol groups is 1. The third kappa shape index (κ3) is 6.71. The van der Waals surface area contributed by atoms with Crippen LogP contribution in [0.1, 0.15) is 146 Å². The summed E-state index contributed by atoms with van der Waals surface area (Å²) in [5, 5.41) is 12.1. The van der Waals surface area contributed by atoms with Gasteiger partial charge < -0.3 is 9.84 Å². The van der Waals surface area contributed by atoms with Gasteiger partial charge in [-0.3, -0.25) is 4.98 Å². The average Bonchev–Trinajstić information content (AvgIpc) is 3.40.